The van der Waals surface area contributed by atoms with Crippen molar-refractivity contribution in [3.63, 3.8) is 0 Å². The van der Waals surface area contributed by atoms with Crippen LogP contribution in [0.25, 0.3) is 10.9 Å². The molecule has 4 rings (SSSR count). The number of rotatable bonds is 5. The Morgan fingerprint density at radius 1 is 1.11 bits per heavy atom. The number of esters is 1. The number of ether oxygens (including phenoxy) is 1. The van der Waals surface area contributed by atoms with Crippen molar-refractivity contribution >= 4 is 26.9 Å². The van der Waals surface area contributed by atoms with Crippen molar-refractivity contribution in [3.8, 4) is 0 Å². The zero-order valence-electron chi connectivity index (χ0n) is 16.2. The molecule has 1 saturated carbocycles. The second-order valence-electron chi connectivity index (χ2n) is 7.30. The number of benzene rings is 2. The van der Waals surface area contributed by atoms with E-state index in [-0.39, 0.29) is 22.7 Å². The molecule has 2 atom stereocenters. The highest BCUT2D eigenvalue weighted by Gasteiger charge is 2.47. The molecule has 5 nitrogen and oxygen atoms in total. The predicted molar refractivity (Wildman–Crippen MR) is 108 cm³/mol. The molecule has 0 unspecified atom stereocenters. The molecule has 1 heterocycles. The molecule has 1 fully saturated rings. The first-order valence-electron chi connectivity index (χ1n) is 9.45. The van der Waals surface area contributed by atoms with Gasteiger partial charge < -0.3 is 4.74 Å². The number of aromatic nitrogens is 1. The predicted octanol–water partition coefficient (Wildman–Crippen LogP) is 4.16. The van der Waals surface area contributed by atoms with Gasteiger partial charge in [-0.3, -0.25) is 4.79 Å². The van der Waals surface area contributed by atoms with Crippen molar-refractivity contribution in [1.29, 1.82) is 0 Å². The van der Waals surface area contributed by atoms with E-state index in [1.165, 1.54) is 3.97 Å². The summed E-state index contributed by atoms with van der Waals surface area (Å²) in [7, 11) is -3.75. The molecule has 0 amide bonds. The van der Waals surface area contributed by atoms with Crippen LogP contribution >= 0.6 is 0 Å². The van der Waals surface area contributed by atoms with Crippen molar-refractivity contribution in [2.24, 2.45) is 5.92 Å². The lowest BCUT2D eigenvalue weighted by Crippen LogP contribution is -2.14. The van der Waals surface area contributed by atoms with Crippen LogP contribution in [0.15, 0.2) is 53.4 Å². The minimum Gasteiger partial charge on any atom is -0.466 e. The Bertz CT molecular complexity index is 1160. The van der Waals surface area contributed by atoms with Crippen LogP contribution in [0.2, 0.25) is 0 Å². The van der Waals surface area contributed by atoms with Crippen LogP contribution in [0.3, 0.4) is 0 Å². The van der Waals surface area contributed by atoms with Gasteiger partial charge in [-0.25, -0.2) is 12.4 Å². The second-order valence-corrected chi connectivity index (χ2v) is 9.09. The van der Waals surface area contributed by atoms with Gasteiger partial charge in [0.1, 0.15) is 0 Å². The Balaban J connectivity index is 1.86. The van der Waals surface area contributed by atoms with E-state index in [9.17, 15) is 13.2 Å². The van der Waals surface area contributed by atoms with E-state index in [1.807, 2.05) is 38.1 Å². The molecule has 0 spiro atoms. The van der Waals surface area contributed by atoms with Gasteiger partial charge in [-0.2, -0.15) is 0 Å². The van der Waals surface area contributed by atoms with Crippen molar-refractivity contribution in [1.82, 2.24) is 3.97 Å². The molecule has 1 aliphatic carbocycles. The fraction of sp³-hybridized carbons (Fsp3) is 0.318. The Labute approximate surface area is 165 Å². The zero-order chi connectivity index (χ0) is 20.1. The van der Waals surface area contributed by atoms with Crippen LogP contribution in [-0.2, 0) is 19.6 Å². The fourth-order valence-electron chi connectivity index (χ4n) is 3.98. The first-order valence-corrected chi connectivity index (χ1v) is 10.9. The first-order chi connectivity index (χ1) is 13.4. The lowest BCUT2D eigenvalue weighted by Gasteiger charge is -2.11. The lowest BCUT2D eigenvalue weighted by atomic mass is 10.1. The van der Waals surface area contributed by atoms with Gasteiger partial charge in [-0.1, -0.05) is 35.9 Å². The van der Waals surface area contributed by atoms with Gasteiger partial charge in [0.2, 0.25) is 0 Å². The third-order valence-corrected chi connectivity index (χ3v) is 7.24. The summed E-state index contributed by atoms with van der Waals surface area (Å²) < 4.78 is 33.4. The number of aryl methyl sites for hydroxylation is 1. The summed E-state index contributed by atoms with van der Waals surface area (Å²) in [5, 5.41) is 0.882. The maximum absolute atomic E-state index is 13.4. The monoisotopic (exact) mass is 397 g/mol. The second kappa shape index (κ2) is 6.78. The van der Waals surface area contributed by atoms with Gasteiger partial charge in [-0.05, 0) is 51.0 Å². The molecule has 1 aromatic heterocycles. The van der Waals surface area contributed by atoms with Gasteiger partial charge in [0.05, 0.1) is 22.9 Å². The van der Waals surface area contributed by atoms with Crippen LogP contribution in [0.1, 0.15) is 36.1 Å². The number of fused-ring (bicyclic) bond motifs is 1. The molecule has 0 N–H and O–H groups in total. The van der Waals surface area contributed by atoms with E-state index in [2.05, 4.69) is 0 Å². The Hall–Kier alpha value is -2.60. The van der Waals surface area contributed by atoms with Gasteiger partial charge in [-0.15, -0.1) is 0 Å². The third kappa shape index (κ3) is 2.92. The van der Waals surface area contributed by atoms with Crippen LogP contribution in [0, 0.1) is 19.8 Å². The van der Waals surface area contributed by atoms with Gasteiger partial charge in [0.15, 0.2) is 0 Å². The topological polar surface area (TPSA) is 65.4 Å². The van der Waals surface area contributed by atoms with E-state index in [0.717, 1.165) is 16.5 Å². The molecule has 0 radical (unpaired) electrons. The summed E-state index contributed by atoms with van der Waals surface area (Å²) in [6, 6.07) is 14.4. The SMILES string of the molecule is CCOC(=O)[C@H]1C[C@@H]1c1c(C)n(S(=O)(=O)c2ccc(C)cc2)c2ccccc12. The number of hydrogen-bond donors (Lipinski definition) is 0. The first kappa shape index (κ1) is 18.7. The number of carbonyl (C=O) groups excluding carboxylic acids is 1. The molecule has 0 saturated heterocycles. The number of carbonyl (C=O) groups is 1. The number of hydrogen-bond acceptors (Lipinski definition) is 4. The molecule has 1 aliphatic rings. The van der Waals surface area contributed by atoms with Gasteiger partial charge >= 0.3 is 5.97 Å². The van der Waals surface area contributed by atoms with Crippen LogP contribution in [0.5, 0.6) is 0 Å². The number of para-hydroxylation sites is 1. The Morgan fingerprint density at radius 2 is 1.79 bits per heavy atom. The molecular weight excluding hydrogens is 374 g/mol. The van der Waals surface area contributed by atoms with E-state index >= 15 is 0 Å². The highest BCUT2D eigenvalue weighted by Crippen LogP contribution is 2.52. The fourth-order valence-corrected chi connectivity index (χ4v) is 5.55. The van der Waals surface area contributed by atoms with Crippen LogP contribution in [0.4, 0.5) is 0 Å². The Morgan fingerprint density at radius 3 is 2.46 bits per heavy atom. The maximum Gasteiger partial charge on any atom is 0.309 e. The zero-order valence-corrected chi connectivity index (χ0v) is 17.0. The molecule has 0 bridgehead atoms. The molecule has 0 aliphatic heterocycles. The van der Waals surface area contributed by atoms with E-state index in [1.54, 1.807) is 31.2 Å². The average Bonchev–Trinajstić information content (AvgIpc) is 3.38. The minimum atomic E-state index is -3.75. The highest BCUT2D eigenvalue weighted by atomic mass is 32.2. The molecular formula is C22H23NO4S. The van der Waals surface area contributed by atoms with Gasteiger partial charge in [0.25, 0.3) is 10.0 Å². The summed E-state index contributed by atoms with van der Waals surface area (Å²) in [6.07, 6.45) is 0.693. The lowest BCUT2D eigenvalue weighted by molar-refractivity contribution is -0.144. The van der Waals surface area contributed by atoms with Crippen LogP contribution < -0.4 is 0 Å². The van der Waals surface area contributed by atoms with Crippen molar-refractivity contribution < 1.29 is 17.9 Å². The number of nitrogens with zero attached hydrogens (tertiary/aromatic N) is 1. The Kier molecular flexibility index (Phi) is 4.54. The molecule has 2 aromatic carbocycles. The summed E-state index contributed by atoms with van der Waals surface area (Å²) in [5.74, 6) is -0.400. The van der Waals surface area contributed by atoms with E-state index in [0.29, 0.717) is 24.2 Å². The highest BCUT2D eigenvalue weighted by molar-refractivity contribution is 7.90. The van der Waals surface area contributed by atoms with Crippen molar-refractivity contribution in [3.05, 3.63) is 65.4 Å². The van der Waals surface area contributed by atoms with E-state index in [4.69, 9.17) is 4.74 Å². The molecule has 146 valence electrons. The summed E-state index contributed by atoms with van der Waals surface area (Å²) >= 11 is 0. The third-order valence-electron chi connectivity index (χ3n) is 5.42. The van der Waals surface area contributed by atoms with Crippen molar-refractivity contribution in [2.75, 3.05) is 6.61 Å². The largest absolute Gasteiger partial charge is 0.466 e. The summed E-state index contributed by atoms with van der Waals surface area (Å²) in [5.41, 5.74) is 3.25. The summed E-state index contributed by atoms with van der Waals surface area (Å²) in [4.78, 5) is 12.4. The molecule has 28 heavy (non-hydrogen) atoms. The standard InChI is InChI=1S/C22H23NO4S/c1-4-27-22(24)19-13-18(19)21-15(3)23(20-8-6-5-7-17(20)21)28(25,26)16-11-9-14(2)10-12-16/h5-12,18-19H,4,13H2,1-3H3/t18-,19-/m0/s1. The summed E-state index contributed by atoms with van der Waals surface area (Å²) in [6.45, 7) is 5.89. The normalized spacial score (nSPS) is 19.0. The minimum absolute atomic E-state index is 0.00146. The van der Waals surface area contributed by atoms with Crippen LogP contribution in [-0.4, -0.2) is 25.0 Å². The smallest absolute Gasteiger partial charge is 0.309 e. The van der Waals surface area contributed by atoms with E-state index < -0.39 is 10.0 Å². The average molecular weight is 397 g/mol. The quantitative estimate of drug-likeness (QED) is 0.607. The maximum atomic E-state index is 13.4. The van der Waals surface area contributed by atoms with Crippen molar-refractivity contribution in [2.45, 2.75) is 38.0 Å². The van der Waals surface area contributed by atoms with Gasteiger partial charge in [0, 0.05) is 17.0 Å². The molecule has 6 heteroatoms. The molecule has 3 aromatic rings.